The number of hydrogen-bond donors (Lipinski definition) is 1. The minimum Gasteiger partial charge on any atom is -0.377 e. The molecule has 1 aliphatic rings. The van der Waals surface area contributed by atoms with Crippen molar-refractivity contribution >= 4 is 17.3 Å². The first-order valence-corrected chi connectivity index (χ1v) is 4.61. The molecule has 0 atom stereocenters. The van der Waals surface area contributed by atoms with Crippen molar-refractivity contribution in [3.8, 4) is 0 Å². The third-order valence-corrected chi connectivity index (χ3v) is 2.26. The van der Waals surface area contributed by atoms with Crippen LogP contribution in [0.15, 0.2) is 12.1 Å². The molecule has 70 valence electrons. The van der Waals surface area contributed by atoms with Gasteiger partial charge >= 0.3 is 0 Å². The Hall–Kier alpha value is -0.800. The van der Waals surface area contributed by atoms with Crippen LogP contribution in [0.4, 0.5) is 5.69 Å². The lowest BCUT2D eigenvalue weighted by Gasteiger charge is -2.28. The zero-order chi connectivity index (χ0) is 9.26. The molecule has 1 aromatic heterocycles. The van der Waals surface area contributed by atoms with Crippen LogP contribution in [0, 0.1) is 6.92 Å². The molecule has 1 N–H and O–H groups in total. The molecule has 1 aromatic rings. The Morgan fingerprint density at radius 2 is 2.31 bits per heavy atom. The SMILES string of the molecule is Cc1nc(Cl)ccc1NC1COC1. The summed E-state index contributed by atoms with van der Waals surface area (Å²) in [7, 11) is 0. The van der Waals surface area contributed by atoms with E-state index in [-0.39, 0.29) is 0 Å². The van der Waals surface area contributed by atoms with E-state index in [4.69, 9.17) is 16.3 Å². The molecule has 0 spiro atoms. The molecular formula is C9H11ClN2O. The van der Waals surface area contributed by atoms with E-state index in [0.29, 0.717) is 11.2 Å². The minimum atomic E-state index is 0.432. The van der Waals surface area contributed by atoms with Gasteiger partial charge in [0.1, 0.15) is 5.15 Å². The van der Waals surface area contributed by atoms with Gasteiger partial charge in [0, 0.05) is 0 Å². The number of ether oxygens (including phenoxy) is 1. The first-order valence-electron chi connectivity index (χ1n) is 4.23. The Morgan fingerprint density at radius 1 is 1.54 bits per heavy atom. The van der Waals surface area contributed by atoms with Crippen molar-refractivity contribution in [2.24, 2.45) is 0 Å². The van der Waals surface area contributed by atoms with Gasteiger partial charge in [0.25, 0.3) is 0 Å². The van der Waals surface area contributed by atoms with Crippen LogP contribution in [-0.4, -0.2) is 24.2 Å². The van der Waals surface area contributed by atoms with Crippen LogP contribution in [0.2, 0.25) is 5.15 Å². The molecule has 3 nitrogen and oxygen atoms in total. The van der Waals surface area contributed by atoms with E-state index in [1.165, 1.54) is 0 Å². The van der Waals surface area contributed by atoms with Crippen LogP contribution in [-0.2, 0) is 4.74 Å². The lowest BCUT2D eigenvalue weighted by molar-refractivity contribution is 0.0211. The summed E-state index contributed by atoms with van der Waals surface area (Å²) in [5.74, 6) is 0. The molecule has 0 amide bonds. The summed E-state index contributed by atoms with van der Waals surface area (Å²) in [6.07, 6.45) is 0. The van der Waals surface area contributed by atoms with Gasteiger partial charge in [0.2, 0.25) is 0 Å². The molecule has 1 saturated heterocycles. The Labute approximate surface area is 82.1 Å². The number of aryl methyl sites for hydroxylation is 1. The number of pyridine rings is 1. The predicted molar refractivity (Wildman–Crippen MR) is 52.2 cm³/mol. The van der Waals surface area contributed by atoms with Gasteiger partial charge in [-0.15, -0.1) is 0 Å². The van der Waals surface area contributed by atoms with E-state index in [9.17, 15) is 0 Å². The van der Waals surface area contributed by atoms with E-state index in [2.05, 4.69) is 10.3 Å². The Balaban J connectivity index is 2.10. The van der Waals surface area contributed by atoms with Gasteiger partial charge in [-0.25, -0.2) is 4.98 Å². The summed E-state index contributed by atoms with van der Waals surface area (Å²) in [6.45, 7) is 3.50. The van der Waals surface area contributed by atoms with Crippen molar-refractivity contribution < 1.29 is 4.74 Å². The smallest absolute Gasteiger partial charge is 0.129 e. The van der Waals surface area contributed by atoms with Crippen LogP contribution >= 0.6 is 11.6 Å². The highest BCUT2D eigenvalue weighted by molar-refractivity contribution is 6.29. The van der Waals surface area contributed by atoms with E-state index < -0.39 is 0 Å². The third kappa shape index (κ3) is 1.92. The summed E-state index contributed by atoms with van der Waals surface area (Å²) in [6, 6.07) is 4.17. The molecule has 4 heteroatoms. The molecule has 0 aromatic carbocycles. The molecule has 0 radical (unpaired) electrons. The molecule has 0 bridgehead atoms. The molecule has 2 rings (SSSR count). The van der Waals surface area contributed by atoms with Crippen molar-refractivity contribution in [3.05, 3.63) is 23.0 Å². The first-order chi connectivity index (χ1) is 6.25. The first kappa shape index (κ1) is 8.78. The van der Waals surface area contributed by atoms with Crippen LogP contribution in [0.5, 0.6) is 0 Å². The normalized spacial score (nSPS) is 16.8. The maximum absolute atomic E-state index is 5.74. The highest BCUT2D eigenvalue weighted by Crippen LogP contribution is 2.18. The van der Waals surface area contributed by atoms with Gasteiger partial charge < -0.3 is 10.1 Å². The van der Waals surface area contributed by atoms with Crippen LogP contribution in [0.1, 0.15) is 5.69 Å². The number of halogens is 1. The number of rotatable bonds is 2. The van der Waals surface area contributed by atoms with Crippen LogP contribution < -0.4 is 5.32 Å². The van der Waals surface area contributed by atoms with Crippen LogP contribution in [0.25, 0.3) is 0 Å². The molecule has 0 unspecified atom stereocenters. The van der Waals surface area contributed by atoms with Crippen molar-refractivity contribution in [2.75, 3.05) is 18.5 Å². The van der Waals surface area contributed by atoms with Gasteiger partial charge in [-0.05, 0) is 19.1 Å². The fourth-order valence-corrected chi connectivity index (χ4v) is 1.41. The van der Waals surface area contributed by atoms with E-state index >= 15 is 0 Å². The quantitative estimate of drug-likeness (QED) is 0.737. The van der Waals surface area contributed by atoms with Gasteiger partial charge in [-0.3, -0.25) is 0 Å². The molecule has 0 saturated carbocycles. The minimum absolute atomic E-state index is 0.432. The molecule has 13 heavy (non-hydrogen) atoms. The van der Waals surface area contributed by atoms with Crippen molar-refractivity contribution in [2.45, 2.75) is 13.0 Å². The van der Waals surface area contributed by atoms with Gasteiger partial charge in [-0.1, -0.05) is 11.6 Å². The number of hydrogen-bond acceptors (Lipinski definition) is 3. The van der Waals surface area contributed by atoms with Crippen molar-refractivity contribution in [1.82, 2.24) is 4.98 Å². The Bertz CT molecular complexity index is 312. The maximum atomic E-state index is 5.74. The van der Waals surface area contributed by atoms with Crippen LogP contribution in [0.3, 0.4) is 0 Å². The lowest BCUT2D eigenvalue weighted by Crippen LogP contribution is -2.40. The van der Waals surface area contributed by atoms with Crippen molar-refractivity contribution in [3.63, 3.8) is 0 Å². The van der Waals surface area contributed by atoms with E-state index in [1.54, 1.807) is 6.07 Å². The lowest BCUT2D eigenvalue weighted by atomic mass is 10.2. The fraction of sp³-hybridized carbons (Fsp3) is 0.444. The zero-order valence-electron chi connectivity index (χ0n) is 7.38. The summed E-state index contributed by atoms with van der Waals surface area (Å²) in [4.78, 5) is 4.15. The molecule has 1 fully saturated rings. The second-order valence-electron chi connectivity index (χ2n) is 3.15. The Morgan fingerprint density at radius 3 is 2.85 bits per heavy atom. The average molecular weight is 199 g/mol. The second kappa shape index (κ2) is 3.52. The standard InChI is InChI=1S/C9H11ClN2O/c1-6-8(2-3-9(10)11-6)12-7-4-13-5-7/h2-3,7,12H,4-5H2,1H3. The topological polar surface area (TPSA) is 34.2 Å². The summed E-state index contributed by atoms with van der Waals surface area (Å²) < 4.78 is 5.06. The van der Waals surface area contributed by atoms with E-state index in [0.717, 1.165) is 24.6 Å². The molecule has 1 aliphatic heterocycles. The third-order valence-electron chi connectivity index (χ3n) is 2.05. The summed E-state index contributed by atoms with van der Waals surface area (Å²) in [5.41, 5.74) is 1.97. The highest BCUT2D eigenvalue weighted by atomic mass is 35.5. The largest absolute Gasteiger partial charge is 0.377 e. The maximum Gasteiger partial charge on any atom is 0.129 e. The van der Waals surface area contributed by atoms with E-state index in [1.807, 2.05) is 13.0 Å². The average Bonchev–Trinajstić information content (AvgIpc) is 1.99. The molecule has 2 heterocycles. The van der Waals surface area contributed by atoms with Gasteiger partial charge in [-0.2, -0.15) is 0 Å². The Kier molecular flexibility index (Phi) is 2.38. The number of anilines is 1. The summed E-state index contributed by atoms with van der Waals surface area (Å²) >= 11 is 5.74. The summed E-state index contributed by atoms with van der Waals surface area (Å²) in [5, 5.41) is 3.86. The number of nitrogens with one attached hydrogen (secondary N) is 1. The zero-order valence-corrected chi connectivity index (χ0v) is 8.14. The highest BCUT2D eigenvalue weighted by Gasteiger charge is 2.18. The van der Waals surface area contributed by atoms with Gasteiger partial charge in [0.05, 0.1) is 30.6 Å². The monoisotopic (exact) mass is 198 g/mol. The molecular weight excluding hydrogens is 188 g/mol. The number of aromatic nitrogens is 1. The second-order valence-corrected chi connectivity index (χ2v) is 3.53. The fourth-order valence-electron chi connectivity index (χ4n) is 1.22. The number of nitrogens with zero attached hydrogens (tertiary/aromatic N) is 1. The van der Waals surface area contributed by atoms with Crippen molar-refractivity contribution in [1.29, 1.82) is 0 Å². The predicted octanol–water partition coefficient (Wildman–Crippen LogP) is 1.85. The molecule has 0 aliphatic carbocycles. The van der Waals surface area contributed by atoms with Gasteiger partial charge in [0.15, 0.2) is 0 Å².